The second-order valence-electron chi connectivity index (χ2n) is 6.67. The van der Waals surface area contributed by atoms with Crippen LogP contribution < -0.4 is 10.6 Å². The molecular weight excluding hydrogens is 344 g/mol. The maximum absolute atomic E-state index is 9.35. The van der Waals surface area contributed by atoms with Gasteiger partial charge in [-0.25, -0.2) is 4.98 Å². The van der Waals surface area contributed by atoms with Crippen molar-refractivity contribution in [1.82, 2.24) is 4.98 Å². The van der Waals surface area contributed by atoms with Crippen molar-refractivity contribution in [3.8, 4) is 6.07 Å². The number of pyridine rings is 1. The van der Waals surface area contributed by atoms with E-state index in [4.69, 9.17) is 11.6 Å². The van der Waals surface area contributed by atoms with Crippen LogP contribution in [0.25, 0.3) is 0 Å². The summed E-state index contributed by atoms with van der Waals surface area (Å²) in [5.74, 6) is 0.730. The van der Waals surface area contributed by atoms with E-state index in [0.717, 1.165) is 57.4 Å². The van der Waals surface area contributed by atoms with Crippen LogP contribution >= 0.6 is 11.6 Å². The van der Waals surface area contributed by atoms with Gasteiger partial charge in [-0.1, -0.05) is 25.4 Å². The Kier molecular flexibility index (Phi) is 6.88. The molecule has 0 aliphatic heterocycles. The zero-order chi connectivity index (χ0) is 19.3. The quantitative estimate of drug-likeness (QED) is 0.620. The van der Waals surface area contributed by atoms with Gasteiger partial charge in [0.1, 0.15) is 5.82 Å². The number of nitrogens with zero attached hydrogens (tertiary/aromatic N) is 2. The van der Waals surface area contributed by atoms with Crippen molar-refractivity contribution in [2.45, 2.75) is 59.9 Å². The second kappa shape index (κ2) is 8.91. The monoisotopic (exact) mass is 370 g/mol. The molecule has 0 saturated carbocycles. The third kappa shape index (κ3) is 4.68. The Balaban J connectivity index is 2.51. The van der Waals surface area contributed by atoms with Gasteiger partial charge in [-0.05, 0) is 62.9 Å². The molecule has 0 amide bonds. The molecule has 4 nitrogen and oxygen atoms in total. The Morgan fingerprint density at radius 2 is 1.73 bits per heavy atom. The fourth-order valence-electron chi connectivity index (χ4n) is 3.13. The zero-order valence-corrected chi connectivity index (χ0v) is 17.0. The molecule has 1 aromatic carbocycles. The smallest absolute Gasteiger partial charge is 0.136 e. The first kappa shape index (κ1) is 20.1. The number of nitrogens with one attached hydrogen (secondary N) is 2. The molecule has 0 aliphatic carbocycles. The lowest BCUT2D eigenvalue weighted by atomic mass is 10.1. The average Bonchev–Trinajstić information content (AvgIpc) is 2.58. The van der Waals surface area contributed by atoms with Gasteiger partial charge in [0.15, 0.2) is 0 Å². The van der Waals surface area contributed by atoms with Gasteiger partial charge in [0.05, 0.1) is 12.5 Å². The van der Waals surface area contributed by atoms with Gasteiger partial charge in [0, 0.05) is 33.7 Å². The number of anilines is 3. The summed E-state index contributed by atoms with van der Waals surface area (Å²) >= 11 is 6.15. The topological polar surface area (TPSA) is 60.7 Å². The SMILES string of the molecule is CCC(CC)Nc1cc(C)nc(Nc2c(C)cc(Cl)cc2C)c1CC#N. The summed E-state index contributed by atoms with van der Waals surface area (Å²) in [5.41, 5.74) is 5.89. The third-order valence-corrected chi connectivity index (χ3v) is 4.81. The van der Waals surface area contributed by atoms with Gasteiger partial charge in [0.2, 0.25) is 0 Å². The predicted octanol–water partition coefficient (Wildman–Crippen LogP) is 6.07. The number of benzene rings is 1. The molecule has 26 heavy (non-hydrogen) atoms. The lowest BCUT2D eigenvalue weighted by Gasteiger charge is -2.22. The Morgan fingerprint density at radius 1 is 1.12 bits per heavy atom. The highest BCUT2D eigenvalue weighted by Gasteiger charge is 2.16. The number of rotatable bonds is 7. The molecule has 0 unspecified atom stereocenters. The van der Waals surface area contributed by atoms with Crippen molar-refractivity contribution in [1.29, 1.82) is 5.26 Å². The normalized spacial score (nSPS) is 10.7. The Labute approximate surface area is 161 Å². The Hall–Kier alpha value is -2.25. The zero-order valence-electron chi connectivity index (χ0n) is 16.2. The van der Waals surface area contributed by atoms with Crippen molar-refractivity contribution in [3.05, 3.63) is 45.6 Å². The predicted molar refractivity (Wildman–Crippen MR) is 110 cm³/mol. The minimum absolute atomic E-state index is 0.295. The van der Waals surface area contributed by atoms with Gasteiger partial charge < -0.3 is 10.6 Å². The van der Waals surface area contributed by atoms with Crippen LogP contribution in [-0.2, 0) is 6.42 Å². The van der Waals surface area contributed by atoms with E-state index >= 15 is 0 Å². The van der Waals surface area contributed by atoms with Crippen molar-refractivity contribution in [2.75, 3.05) is 10.6 Å². The maximum Gasteiger partial charge on any atom is 0.136 e. The van der Waals surface area contributed by atoms with Crippen molar-refractivity contribution in [2.24, 2.45) is 0 Å². The highest BCUT2D eigenvalue weighted by atomic mass is 35.5. The first-order chi connectivity index (χ1) is 12.4. The van der Waals surface area contributed by atoms with E-state index in [2.05, 4.69) is 35.5 Å². The molecular formula is C21H27ClN4. The molecule has 1 heterocycles. The molecule has 0 atom stereocenters. The molecule has 0 aliphatic rings. The number of hydrogen-bond donors (Lipinski definition) is 2. The van der Waals surface area contributed by atoms with Crippen LogP contribution in [0, 0.1) is 32.1 Å². The van der Waals surface area contributed by atoms with Gasteiger partial charge in [-0.3, -0.25) is 0 Å². The second-order valence-corrected chi connectivity index (χ2v) is 7.11. The summed E-state index contributed by atoms with van der Waals surface area (Å²) in [7, 11) is 0. The molecule has 5 heteroatoms. The fraction of sp³-hybridized carbons (Fsp3) is 0.429. The standard InChI is InChI=1S/C21H27ClN4/c1-6-17(7-2)25-19-12-15(5)24-21(18(19)8-9-23)26-20-13(3)10-16(22)11-14(20)4/h10-12,17H,6-8H2,1-5H3,(H2,24,25,26). The molecule has 0 spiro atoms. The van der Waals surface area contributed by atoms with Crippen LogP contribution in [0.5, 0.6) is 0 Å². The summed E-state index contributed by atoms with van der Waals surface area (Å²) in [6.07, 6.45) is 2.35. The fourth-order valence-corrected chi connectivity index (χ4v) is 3.46. The van der Waals surface area contributed by atoms with Crippen LogP contribution in [0.3, 0.4) is 0 Å². The molecule has 2 aromatic rings. The lowest BCUT2D eigenvalue weighted by Crippen LogP contribution is -2.19. The van der Waals surface area contributed by atoms with E-state index in [9.17, 15) is 5.26 Å². The van der Waals surface area contributed by atoms with Crippen molar-refractivity contribution in [3.63, 3.8) is 0 Å². The Morgan fingerprint density at radius 3 is 2.27 bits per heavy atom. The van der Waals surface area contributed by atoms with E-state index in [1.165, 1.54) is 0 Å². The summed E-state index contributed by atoms with van der Waals surface area (Å²) < 4.78 is 0. The highest BCUT2D eigenvalue weighted by molar-refractivity contribution is 6.30. The number of aryl methyl sites for hydroxylation is 3. The highest BCUT2D eigenvalue weighted by Crippen LogP contribution is 2.32. The van der Waals surface area contributed by atoms with Crippen LogP contribution in [0.2, 0.25) is 5.02 Å². The van der Waals surface area contributed by atoms with Crippen LogP contribution in [0.4, 0.5) is 17.2 Å². The first-order valence-electron chi connectivity index (χ1n) is 9.07. The van der Waals surface area contributed by atoms with Crippen molar-refractivity contribution < 1.29 is 0 Å². The molecule has 0 fully saturated rings. The Bertz CT molecular complexity index is 796. The van der Waals surface area contributed by atoms with E-state index in [1.807, 2.05) is 39.0 Å². The lowest BCUT2D eigenvalue weighted by molar-refractivity contribution is 0.670. The van der Waals surface area contributed by atoms with Gasteiger partial charge >= 0.3 is 0 Å². The molecule has 2 N–H and O–H groups in total. The van der Waals surface area contributed by atoms with E-state index in [1.54, 1.807) is 0 Å². The first-order valence-corrected chi connectivity index (χ1v) is 9.45. The third-order valence-electron chi connectivity index (χ3n) is 4.59. The summed E-state index contributed by atoms with van der Waals surface area (Å²) in [4.78, 5) is 4.68. The van der Waals surface area contributed by atoms with E-state index in [0.29, 0.717) is 12.5 Å². The van der Waals surface area contributed by atoms with Gasteiger partial charge in [-0.2, -0.15) is 5.26 Å². The molecule has 2 rings (SSSR count). The summed E-state index contributed by atoms with van der Waals surface area (Å²) in [6.45, 7) is 10.3. The van der Waals surface area contributed by atoms with E-state index in [-0.39, 0.29) is 0 Å². The van der Waals surface area contributed by atoms with E-state index < -0.39 is 0 Å². The number of nitriles is 1. The number of halogens is 1. The average molecular weight is 371 g/mol. The number of hydrogen-bond acceptors (Lipinski definition) is 4. The number of aromatic nitrogens is 1. The van der Waals surface area contributed by atoms with Gasteiger partial charge in [0.25, 0.3) is 0 Å². The summed E-state index contributed by atoms with van der Waals surface area (Å²) in [6, 6.07) is 8.54. The van der Waals surface area contributed by atoms with Crippen LogP contribution in [0.1, 0.15) is 49.1 Å². The molecule has 1 aromatic heterocycles. The van der Waals surface area contributed by atoms with Gasteiger partial charge in [-0.15, -0.1) is 0 Å². The largest absolute Gasteiger partial charge is 0.382 e. The minimum Gasteiger partial charge on any atom is -0.382 e. The molecule has 138 valence electrons. The molecule has 0 saturated heterocycles. The molecule has 0 radical (unpaired) electrons. The van der Waals surface area contributed by atoms with Crippen LogP contribution in [-0.4, -0.2) is 11.0 Å². The minimum atomic E-state index is 0.295. The maximum atomic E-state index is 9.35. The summed E-state index contributed by atoms with van der Waals surface area (Å²) in [5, 5.41) is 17.1. The van der Waals surface area contributed by atoms with Crippen molar-refractivity contribution >= 4 is 28.8 Å². The molecule has 0 bridgehead atoms. The van der Waals surface area contributed by atoms with Crippen LogP contribution in [0.15, 0.2) is 18.2 Å².